The van der Waals surface area contributed by atoms with Crippen LogP contribution in [-0.2, 0) is 22.7 Å². The number of allylic oxidation sites excluding steroid dienone is 9. The van der Waals surface area contributed by atoms with Crippen LogP contribution in [0.15, 0.2) is 122 Å². The Bertz CT molecular complexity index is 1540. The van der Waals surface area contributed by atoms with Crippen LogP contribution in [0.4, 0.5) is 0 Å². The monoisotopic (exact) mass is 812 g/mol. The standard InChI is InChI=1S/C14H23N.C13H19N3O2.C13H20O.C7H8O.C2H2.CH5N/c1-5-7-9-11-13-15(4)14(3)12-10-8-6-2;1-10-7-12(9-17)16(15-10)8-13(18)14-11-5-3-2-4-6-11;1-3-8-12(4-2)11-14-13-9-6-5-7-10-13;8-6-7-4-2-1-3-5-7;2*1-2/h5,7-12H,6,13H2,1-4H3;7,9,11H,2-6,8H2,1H3,(H,14,18);3-4,8,13H,1-2,5-7,9-11H2;1-5,8H,6H2;1-2H;2H2,1H3/b7-5-,10-8-,11-9-,14-12+;;12-8+;;;. The molecule has 9 nitrogen and oxygen atoms in total. The first-order valence-electron chi connectivity index (χ1n) is 20.9. The van der Waals surface area contributed by atoms with E-state index in [1.807, 2.05) is 68.5 Å². The minimum absolute atomic E-state index is 0.0619. The number of hydrogen-bond donors (Lipinski definition) is 3. The molecule has 1 amide bonds. The number of likely N-dealkylation sites (N-methyl/N-ethyl adjacent to an activating group) is 1. The molecule has 326 valence electrons. The van der Waals surface area contributed by atoms with Crippen LogP contribution < -0.4 is 11.1 Å². The molecule has 1 aromatic carbocycles. The van der Waals surface area contributed by atoms with E-state index in [4.69, 9.17) is 9.84 Å². The van der Waals surface area contributed by atoms with E-state index in [0.29, 0.717) is 24.4 Å². The highest BCUT2D eigenvalue weighted by Crippen LogP contribution is 2.21. The van der Waals surface area contributed by atoms with Crippen molar-refractivity contribution in [2.45, 2.75) is 124 Å². The summed E-state index contributed by atoms with van der Waals surface area (Å²) in [6.07, 6.45) is 42.8. The number of benzene rings is 1. The Morgan fingerprint density at radius 2 is 1.63 bits per heavy atom. The summed E-state index contributed by atoms with van der Waals surface area (Å²) in [5, 5.41) is 15.7. The van der Waals surface area contributed by atoms with E-state index >= 15 is 0 Å². The minimum Gasteiger partial charge on any atom is -0.392 e. The molecule has 0 aliphatic heterocycles. The molecule has 2 aromatic rings. The quantitative estimate of drug-likeness (QED) is 0.0877. The van der Waals surface area contributed by atoms with Crippen LogP contribution in [-0.4, -0.2) is 71.4 Å². The van der Waals surface area contributed by atoms with E-state index in [9.17, 15) is 9.59 Å². The molecule has 2 aliphatic rings. The number of nitrogens with two attached hydrogens (primary N) is 1. The maximum Gasteiger partial charge on any atom is 0.241 e. The lowest BCUT2D eigenvalue weighted by atomic mass is 9.95. The zero-order valence-electron chi connectivity index (χ0n) is 37.2. The first-order valence-corrected chi connectivity index (χ1v) is 20.9. The molecule has 4 rings (SSSR count). The highest BCUT2D eigenvalue weighted by atomic mass is 16.5. The molecule has 0 atom stereocenters. The number of rotatable bonds is 16. The van der Waals surface area contributed by atoms with Crippen molar-refractivity contribution in [3.63, 3.8) is 0 Å². The van der Waals surface area contributed by atoms with Gasteiger partial charge in [-0.15, -0.1) is 12.8 Å². The van der Waals surface area contributed by atoms with Crippen molar-refractivity contribution >= 4 is 12.2 Å². The molecular formula is C50H77N5O4. The predicted octanol–water partition coefficient (Wildman–Crippen LogP) is 10.0. The smallest absolute Gasteiger partial charge is 0.241 e. The molecule has 1 aromatic heterocycles. The molecule has 9 heteroatoms. The number of aldehydes is 1. The van der Waals surface area contributed by atoms with E-state index in [-0.39, 0.29) is 19.1 Å². The van der Waals surface area contributed by atoms with Gasteiger partial charge in [0.25, 0.3) is 0 Å². The van der Waals surface area contributed by atoms with Gasteiger partial charge in [0.15, 0.2) is 6.29 Å². The lowest BCUT2D eigenvalue weighted by molar-refractivity contribution is -0.122. The van der Waals surface area contributed by atoms with Gasteiger partial charge in [-0.25, -0.2) is 0 Å². The van der Waals surface area contributed by atoms with Crippen LogP contribution in [0.3, 0.4) is 0 Å². The number of nitrogens with one attached hydrogen (secondary N) is 1. The number of hydrogen-bond acceptors (Lipinski definition) is 7. The third kappa shape index (κ3) is 29.8. The second-order valence-corrected chi connectivity index (χ2v) is 13.8. The normalized spacial score (nSPS) is 14.4. The number of nitrogens with zero attached hydrogens (tertiary/aromatic N) is 3. The fourth-order valence-electron chi connectivity index (χ4n) is 5.82. The average Bonchev–Trinajstić information content (AvgIpc) is 3.64. The largest absolute Gasteiger partial charge is 0.392 e. The Hall–Kier alpha value is -5.01. The molecule has 1 heterocycles. The topological polar surface area (TPSA) is 123 Å². The first-order chi connectivity index (χ1) is 28.7. The summed E-state index contributed by atoms with van der Waals surface area (Å²) in [5.74, 6) is -0.0619. The molecule has 0 spiro atoms. The van der Waals surface area contributed by atoms with Crippen LogP contribution in [0.2, 0.25) is 0 Å². The van der Waals surface area contributed by atoms with Crippen molar-refractivity contribution < 1.29 is 19.4 Å². The fraction of sp³-hybridized carbons (Fsp3) is 0.460. The van der Waals surface area contributed by atoms with Crippen LogP contribution in [0.1, 0.15) is 113 Å². The fourth-order valence-corrected chi connectivity index (χ4v) is 5.82. The number of aliphatic hydroxyl groups excluding tert-OH is 1. The Kier molecular flexibility index (Phi) is 37.8. The number of amides is 1. The Morgan fingerprint density at radius 3 is 2.15 bits per heavy atom. The van der Waals surface area contributed by atoms with Gasteiger partial charge in [-0.2, -0.15) is 5.10 Å². The van der Waals surface area contributed by atoms with Gasteiger partial charge < -0.3 is 25.8 Å². The Balaban J connectivity index is 0. The number of carbonyl (C=O) groups excluding carboxylic acids is 2. The molecule has 0 unspecified atom stereocenters. The van der Waals surface area contributed by atoms with Gasteiger partial charge in [0.2, 0.25) is 5.91 Å². The van der Waals surface area contributed by atoms with E-state index in [0.717, 1.165) is 48.9 Å². The van der Waals surface area contributed by atoms with Crippen LogP contribution in [0.5, 0.6) is 0 Å². The molecule has 2 fully saturated rings. The molecule has 59 heavy (non-hydrogen) atoms. The third-order valence-electron chi connectivity index (χ3n) is 9.11. The van der Waals surface area contributed by atoms with Gasteiger partial charge in [0.05, 0.1) is 25.0 Å². The van der Waals surface area contributed by atoms with Gasteiger partial charge in [0, 0.05) is 25.3 Å². The maximum atomic E-state index is 11.9. The number of aliphatic hydroxyl groups is 1. The number of carbonyl (C=O) groups is 2. The maximum absolute atomic E-state index is 11.9. The molecule has 0 saturated heterocycles. The van der Waals surface area contributed by atoms with Crippen LogP contribution in [0, 0.1) is 19.8 Å². The van der Waals surface area contributed by atoms with Gasteiger partial charge in [-0.05, 0) is 83.2 Å². The van der Waals surface area contributed by atoms with Crippen molar-refractivity contribution in [2.24, 2.45) is 5.73 Å². The van der Waals surface area contributed by atoms with Crippen molar-refractivity contribution in [2.75, 3.05) is 27.2 Å². The zero-order chi connectivity index (χ0) is 44.5. The highest BCUT2D eigenvalue weighted by Gasteiger charge is 2.17. The van der Waals surface area contributed by atoms with Crippen molar-refractivity contribution in [3.05, 3.63) is 139 Å². The van der Waals surface area contributed by atoms with Gasteiger partial charge in [0.1, 0.15) is 12.2 Å². The number of ether oxygens (including phenoxy) is 1. The second kappa shape index (κ2) is 39.8. The summed E-state index contributed by atoms with van der Waals surface area (Å²) in [7, 11) is 3.60. The molecule has 2 aliphatic carbocycles. The highest BCUT2D eigenvalue weighted by molar-refractivity contribution is 5.78. The lowest BCUT2D eigenvalue weighted by Crippen LogP contribution is -2.38. The minimum atomic E-state index is -0.0619. The molecule has 4 N–H and O–H groups in total. The summed E-state index contributed by atoms with van der Waals surface area (Å²) in [4.78, 5) is 24.9. The summed E-state index contributed by atoms with van der Waals surface area (Å²) in [6.45, 7) is 17.4. The first kappa shape index (κ1) is 56.1. The number of terminal acetylenes is 1. The van der Waals surface area contributed by atoms with Gasteiger partial charge in [-0.1, -0.05) is 144 Å². The molecule has 0 radical (unpaired) electrons. The third-order valence-corrected chi connectivity index (χ3v) is 9.11. The number of aromatic nitrogens is 2. The van der Waals surface area contributed by atoms with Gasteiger partial charge >= 0.3 is 0 Å². The van der Waals surface area contributed by atoms with Crippen molar-refractivity contribution in [1.29, 1.82) is 0 Å². The van der Waals surface area contributed by atoms with E-state index in [1.165, 1.54) is 68.8 Å². The van der Waals surface area contributed by atoms with E-state index < -0.39 is 0 Å². The summed E-state index contributed by atoms with van der Waals surface area (Å²) < 4.78 is 7.26. The molecule has 2 saturated carbocycles. The zero-order valence-corrected chi connectivity index (χ0v) is 37.2. The molecular weight excluding hydrogens is 735 g/mol. The van der Waals surface area contributed by atoms with Crippen LogP contribution >= 0.6 is 0 Å². The lowest BCUT2D eigenvalue weighted by Gasteiger charge is -2.22. The average molecular weight is 812 g/mol. The van der Waals surface area contributed by atoms with Crippen molar-refractivity contribution in [3.8, 4) is 12.8 Å². The van der Waals surface area contributed by atoms with Crippen molar-refractivity contribution in [1.82, 2.24) is 20.0 Å². The second-order valence-electron chi connectivity index (χ2n) is 13.8. The van der Waals surface area contributed by atoms with E-state index in [1.54, 1.807) is 12.1 Å². The predicted molar refractivity (Wildman–Crippen MR) is 251 cm³/mol. The molecule has 0 bridgehead atoms. The number of aryl methyl sites for hydroxylation is 1. The Labute approximate surface area is 358 Å². The SMILES string of the molecule is C#C.C/C=C\C=C/CN(C)/C(C)=C/C=C\CC.C=C/C=C(\C=C)COC1CCCCC1.CN.Cc1cc(C=O)n(CC(=O)NC2CCCCC2)n1.OCc1ccccc1. The summed E-state index contributed by atoms with van der Waals surface area (Å²) in [6, 6.07) is 11.5. The van der Waals surface area contributed by atoms with Gasteiger partial charge in [-0.3, -0.25) is 14.3 Å². The Morgan fingerprint density at radius 1 is 1.00 bits per heavy atom. The summed E-state index contributed by atoms with van der Waals surface area (Å²) >= 11 is 0. The summed E-state index contributed by atoms with van der Waals surface area (Å²) in [5.41, 5.74) is 9.07. The van der Waals surface area contributed by atoms with E-state index in [2.05, 4.69) is 98.3 Å². The van der Waals surface area contributed by atoms with Crippen LogP contribution in [0.25, 0.3) is 0 Å².